The van der Waals surface area contributed by atoms with Crippen molar-refractivity contribution in [3.63, 3.8) is 0 Å². The fourth-order valence-corrected chi connectivity index (χ4v) is 5.07. The molecular formula is C23H22F3N3O2S. The minimum Gasteiger partial charge on any atom is -0.364 e. The van der Waals surface area contributed by atoms with E-state index in [0.29, 0.717) is 37.3 Å². The number of nitrogens with zero attached hydrogens (tertiary/aromatic N) is 3. The van der Waals surface area contributed by atoms with E-state index in [1.165, 1.54) is 24.5 Å². The van der Waals surface area contributed by atoms with Crippen molar-refractivity contribution >= 4 is 17.7 Å². The van der Waals surface area contributed by atoms with Gasteiger partial charge in [0.05, 0.1) is 12.6 Å². The smallest absolute Gasteiger partial charge is 0.240 e. The minimum absolute atomic E-state index is 0.0835. The number of amides is 1. The van der Waals surface area contributed by atoms with Crippen molar-refractivity contribution in [2.24, 2.45) is 0 Å². The first-order valence-electron chi connectivity index (χ1n) is 10.1. The van der Waals surface area contributed by atoms with Gasteiger partial charge in [0, 0.05) is 36.3 Å². The number of likely N-dealkylation sites (tertiary alicyclic amines) is 1. The van der Waals surface area contributed by atoms with Gasteiger partial charge in [0.25, 0.3) is 0 Å². The molecule has 3 aromatic rings. The third kappa shape index (κ3) is 5.34. The van der Waals surface area contributed by atoms with Gasteiger partial charge in [-0.05, 0) is 48.4 Å². The number of likely N-dealkylation sites (N-methyl/N-ethyl adjacent to an activating group) is 1. The summed E-state index contributed by atoms with van der Waals surface area (Å²) < 4.78 is 45.1. The van der Waals surface area contributed by atoms with E-state index < -0.39 is 17.7 Å². The number of aromatic nitrogens is 1. The molecule has 1 fully saturated rings. The van der Waals surface area contributed by atoms with Gasteiger partial charge in [0.2, 0.25) is 5.91 Å². The second-order valence-corrected chi connectivity index (χ2v) is 9.18. The van der Waals surface area contributed by atoms with E-state index in [4.69, 9.17) is 4.52 Å². The molecule has 0 N–H and O–H groups in total. The molecule has 1 aliphatic rings. The highest BCUT2D eigenvalue weighted by atomic mass is 32.2. The molecule has 2 atom stereocenters. The zero-order valence-electron chi connectivity index (χ0n) is 17.4. The summed E-state index contributed by atoms with van der Waals surface area (Å²) in [5.41, 5.74) is 1.23. The van der Waals surface area contributed by atoms with E-state index >= 15 is 0 Å². The Bertz CT molecular complexity index is 1060. The summed E-state index contributed by atoms with van der Waals surface area (Å²) in [6.07, 6.45) is 2.03. The van der Waals surface area contributed by atoms with Crippen LogP contribution in [0.1, 0.15) is 17.7 Å². The van der Waals surface area contributed by atoms with Gasteiger partial charge in [-0.1, -0.05) is 11.2 Å². The Morgan fingerprint density at radius 1 is 1.16 bits per heavy atom. The van der Waals surface area contributed by atoms with Crippen LogP contribution in [0.15, 0.2) is 64.2 Å². The van der Waals surface area contributed by atoms with E-state index in [-0.39, 0.29) is 17.0 Å². The first-order valence-corrected chi connectivity index (χ1v) is 11.0. The van der Waals surface area contributed by atoms with Crippen molar-refractivity contribution < 1.29 is 22.5 Å². The number of halogens is 3. The molecule has 2 heterocycles. The molecule has 5 nitrogen and oxygen atoms in total. The number of benzene rings is 2. The van der Waals surface area contributed by atoms with Gasteiger partial charge in [-0.2, -0.15) is 0 Å². The summed E-state index contributed by atoms with van der Waals surface area (Å²) in [6, 6.07) is 11.3. The van der Waals surface area contributed by atoms with E-state index in [9.17, 15) is 18.0 Å². The standard InChI is InChI=1S/C23H22F3N3O2S/c1-28(13-17-8-9-31-27-17)23(30)22-11-19(32-18-5-3-16(24)4-6-18)14-29(22)12-15-2-7-20(25)21(26)10-15/h2-10,19,22H,11-14H2,1H3/t19-,22+/m1/s1. The van der Waals surface area contributed by atoms with Crippen molar-refractivity contribution in [3.8, 4) is 0 Å². The summed E-state index contributed by atoms with van der Waals surface area (Å²) in [6.45, 7) is 1.20. The molecule has 0 bridgehead atoms. The summed E-state index contributed by atoms with van der Waals surface area (Å²) in [7, 11) is 1.70. The lowest BCUT2D eigenvalue weighted by Crippen LogP contribution is -2.43. The van der Waals surface area contributed by atoms with Gasteiger partial charge in [-0.3, -0.25) is 9.69 Å². The molecule has 1 aliphatic heterocycles. The first kappa shape index (κ1) is 22.4. The molecule has 0 spiro atoms. The second-order valence-electron chi connectivity index (χ2n) is 7.81. The summed E-state index contributed by atoms with van der Waals surface area (Å²) >= 11 is 1.58. The van der Waals surface area contributed by atoms with E-state index in [0.717, 1.165) is 17.0 Å². The maximum absolute atomic E-state index is 13.7. The fraction of sp³-hybridized carbons (Fsp3) is 0.304. The molecule has 2 aromatic carbocycles. The highest BCUT2D eigenvalue weighted by Crippen LogP contribution is 2.34. The van der Waals surface area contributed by atoms with E-state index in [1.807, 2.05) is 4.90 Å². The second kappa shape index (κ2) is 9.79. The predicted molar refractivity (Wildman–Crippen MR) is 114 cm³/mol. The van der Waals surface area contributed by atoms with Crippen molar-refractivity contribution in [3.05, 3.63) is 83.5 Å². The summed E-state index contributed by atoms with van der Waals surface area (Å²) in [5.74, 6) is -2.20. The highest BCUT2D eigenvalue weighted by Gasteiger charge is 2.38. The Balaban J connectivity index is 1.51. The third-order valence-electron chi connectivity index (χ3n) is 5.40. The summed E-state index contributed by atoms with van der Waals surface area (Å²) in [5, 5.41) is 3.94. The lowest BCUT2D eigenvalue weighted by molar-refractivity contribution is -0.135. The summed E-state index contributed by atoms with van der Waals surface area (Å²) in [4.78, 5) is 17.7. The predicted octanol–water partition coefficient (Wildman–Crippen LogP) is 4.49. The van der Waals surface area contributed by atoms with Crippen LogP contribution < -0.4 is 0 Å². The average Bonchev–Trinajstić information content (AvgIpc) is 3.42. The van der Waals surface area contributed by atoms with Crippen LogP contribution in [0.5, 0.6) is 0 Å². The Labute approximate surface area is 188 Å². The quantitative estimate of drug-likeness (QED) is 0.519. The lowest BCUT2D eigenvalue weighted by Gasteiger charge is -2.27. The Morgan fingerprint density at radius 3 is 2.62 bits per heavy atom. The Hall–Kier alpha value is -2.78. The van der Waals surface area contributed by atoms with Crippen LogP contribution in [0.3, 0.4) is 0 Å². The molecule has 1 amide bonds. The molecule has 0 unspecified atom stereocenters. The average molecular weight is 462 g/mol. The molecule has 0 aliphatic carbocycles. The highest BCUT2D eigenvalue weighted by molar-refractivity contribution is 8.00. The van der Waals surface area contributed by atoms with Crippen LogP contribution in [0.4, 0.5) is 13.2 Å². The zero-order valence-corrected chi connectivity index (χ0v) is 18.2. The van der Waals surface area contributed by atoms with Crippen LogP contribution in [-0.2, 0) is 17.9 Å². The number of hydrogen-bond donors (Lipinski definition) is 0. The molecule has 168 valence electrons. The van der Waals surface area contributed by atoms with Crippen molar-refractivity contribution in [1.82, 2.24) is 15.0 Å². The minimum atomic E-state index is -0.912. The molecule has 0 radical (unpaired) electrons. The Morgan fingerprint density at radius 2 is 1.94 bits per heavy atom. The fourth-order valence-electron chi connectivity index (χ4n) is 3.85. The largest absolute Gasteiger partial charge is 0.364 e. The Kier molecular flexibility index (Phi) is 6.86. The molecule has 1 aromatic heterocycles. The van der Waals surface area contributed by atoms with Gasteiger partial charge in [-0.25, -0.2) is 13.2 Å². The molecular weight excluding hydrogens is 439 g/mol. The van der Waals surface area contributed by atoms with Gasteiger partial charge in [-0.15, -0.1) is 11.8 Å². The lowest BCUT2D eigenvalue weighted by atomic mass is 10.1. The van der Waals surface area contributed by atoms with E-state index in [1.54, 1.807) is 41.9 Å². The van der Waals surface area contributed by atoms with Gasteiger partial charge >= 0.3 is 0 Å². The van der Waals surface area contributed by atoms with Crippen LogP contribution >= 0.6 is 11.8 Å². The van der Waals surface area contributed by atoms with Crippen molar-refractivity contribution in [1.29, 1.82) is 0 Å². The number of carbonyl (C=O) groups is 1. The SMILES string of the molecule is CN(Cc1ccon1)C(=O)[C@@H]1C[C@@H](Sc2ccc(F)cc2)CN1Cc1ccc(F)c(F)c1. The van der Waals surface area contributed by atoms with E-state index in [2.05, 4.69) is 5.16 Å². The van der Waals surface area contributed by atoms with Gasteiger partial charge < -0.3 is 9.42 Å². The zero-order chi connectivity index (χ0) is 22.7. The first-order chi connectivity index (χ1) is 15.4. The van der Waals surface area contributed by atoms with Crippen LogP contribution in [0.25, 0.3) is 0 Å². The molecule has 9 heteroatoms. The topological polar surface area (TPSA) is 49.6 Å². The maximum atomic E-state index is 13.7. The van der Waals surface area contributed by atoms with Gasteiger partial charge in [0.1, 0.15) is 17.8 Å². The molecule has 32 heavy (non-hydrogen) atoms. The number of hydrogen-bond acceptors (Lipinski definition) is 5. The third-order valence-corrected chi connectivity index (χ3v) is 6.62. The maximum Gasteiger partial charge on any atom is 0.240 e. The van der Waals surface area contributed by atoms with Crippen LogP contribution in [0.2, 0.25) is 0 Å². The van der Waals surface area contributed by atoms with Crippen LogP contribution in [0, 0.1) is 17.5 Å². The monoisotopic (exact) mass is 461 g/mol. The molecule has 1 saturated heterocycles. The number of thioether (sulfide) groups is 1. The number of rotatable bonds is 7. The normalized spacial score (nSPS) is 18.8. The van der Waals surface area contributed by atoms with Crippen molar-refractivity contribution in [2.75, 3.05) is 13.6 Å². The molecule has 0 saturated carbocycles. The number of carbonyl (C=O) groups excluding carboxylic acids is 1. The van der Waals surface area contributed by atoms with Crippen molar-refractivity contribution in [2.45, 2.75) is 35.7 Å². The van der Waals surface area contributed by atoms with Crippen LogP contribution in [-0.4, -0.2) is 45.7 Å². The molecule has 4 rings (SSSR count). The van der Waals surface area contributed by atoms with Gasteiger partial charge in [0.15, 0.2) is 11.6 Å².